The van der Waals surface area contributed by atoms with E-state index in [1.165, 1.54) is 6.08 Å². The fourth-order valence-electron chi connectivity index (χ4n) is 1.67. The molecule has 0 heterocycles. The van der Waals surface area contributed by atoms with Gasteiger partial charge in [0.1, 0.15) is 0 Å². The number of carboxylic acids is 1. The Morgan fingerprint density at radius 1 is 1.37 bits per heavy atom. The minimum Gasteiger partial charge on any atom is -0.478 e. The van der Waals surface area contributed by atoms with Crippen LogP contribution in [0.1, 0.15) is 31.4 Å². The molecule has 19 heavy (non-hydrogen) atoms. The number of carbonyl (C=O) groups is 2. The Balaban J connectivity index is 2.77. The molecule has 0 aliphatic heterocycles. The number of carboxylic acid groups (broad SMARTS) is 1. The number of carbonyl (C=O) groups excluding carboxylic acids is 1. The van der Waals surface area contributed by atoms with Crippen LogP contribution in [0, 0.1) is 12.8 Å². The molecule has 2 N–H and O–H groups in total. The van der Waals surface area contributed by atoms with Gasteiger partial charge in [0.05, 0.1) is 0 Å². The van der Waals surface area contributed by atoms with Gasteiger partial charge in [0.25, 0.3) is 0 Å². The van der Waals surface area contributed by atoms with Gasteiger partial charge in [-0.25, -0.2) is 4.79 Å². The first-order chi connectivity index (χ1) is 8.88. The highest BCUT2D eigenvalue weighted by Crippen LogP contribution is 2.18. The normalized spacial score (nSPS) is 10.9. The zero-order valence-electron chi connectivity index (χ0n) is 11.4. The quantitative estimate of drug-likeness (QED) is 0.800. The molecule has 0 atom stereocenters. The van der Waals surface area contributed by atoms with Gasteiger partial charge < -0.3 is 10.4 Å². The topological polar surface area (TPSA) is 66.4 Å². The van der Waals surface area contributed by atoms with Crippen LogP contribution in [-0.4, -0.2) is 17.0 Å². The summed E-state index contributed by atoms with van der Waals surface area (Å²) in [6.07, 6.45) is 3.10. The molecule has 0 aliphatic rings. The van der Waals surface area contributed by atoms with Gasteiger partial charge in [0.2, 0.25) is 5.91 Å². The number of anilines is 1. The summed E-state index contributed by atoms with van der Waals surface area (Å²) in [5.41, 5.74) is 2.46. The Hall–Kier alpha value is -2.10. The Morgan fingerprint density at radius 2 is 2.05 bits per heavy atom. The van der Waals surface area contributed by atoms with Crippen LogP contribution in [0.4, 0.5) is 5.69 Å². The number of aliphatic carboxylic acids is 1. The molecule has 0 saturated carbocycles. The van der Waals surface area contributed by atoms with E-state index < -0.39 is 5.97 Å². The van der Waals surface area contributed by atoms with Crippen LogP contribution in [0.2, 0.25) is 0 Å². The number of rotatable bonds is 5. The maximum absolute atomic E-state index is 11.7. The van der Waals surface area contributed by atoms with Crippen molar-refractivity contribution >= 4 is 23.6 Å². The average molecular weight is 261 g/mol. The van der Waals surface area contributed by atoms with Crippen LogP contribution in [0.3, 0.4) is 0 Å². The van der Waals surface area contributed by atoms with Crippen LogP contribution < -0.4 is 5.32 Å². The molecule has 0 fully saturated rings. The average Bonchev–Trinajstić information content (AvgIpc) is 2.28. The maximum Gasteiger partial charge on any atom is 0.328 e. The molecule has 102 valence electrons. The van der Waals surface area contributed by atoms with Crippen molar-refractivity contribution in [3.63, 3.8) is 0 Å². The molecule has 1 amide bonds. The molecular formula is C15H19NO3. The van der Waals surface area contributed by atoms with Gasteiger partial charge in [-0.1, -0.05) is 19.9 Å². The Morgan fingerprint density at radius 3 is 2.58 bits per heavy atom. The fourth-order valence-corrected chi connectivity index (χ4v) is 1.67. The molecule has 4 heteroatoms. The van der Waals surface area contributed by atoms with Crippen molar-refractivity contribution in [2.45, 2.75) is 27.2 Å². The molecular weight excluding hydrogens is 242 g/mol. The second-order valence-corrected chi connectivity index (χ2v) is 4.89. The Labute approximate surface area is 113 Å². The standard InChI is InChI=1S/C15H19NO3/c1-10(2)8-14(17)16-13-6-4-12(9-11(13)3)5-7-15(18)19/h4-7,9-10H,8H2,1-3H3,(H,16,17)(H,18,19). The summed E-state index contributed by atoms with van der Waals surface area (Å²) in [7, 11) is 0. The molecule has 1 aromatic carbocycles. The number of hydrogen-bond acceptors (Lipinski definition) is 2. The molecule has 0 spiro atoms. The van der Waals surface area contributed by atoms with Gasteiger partial charge >= 0.3 is 5.97 Å². The summed E-state index contributed by atoms with van der Waals surface area (Å²) in [5.74, 6) is -0.669. The van der Waals surface area contributed by atoms with Crippen molar-refractivity contribution in [1.82, 2.24) is 0 Å². The van der Waals surface area contributed by atoms with E-state index in [0.717, 1.165) is 22.9 Å². The van der Waals surface area contributed by atoms with E-state index in [1.807, 2.05) is 26.8 Å². The summed E-state index contributed by atoms with van der Waals surface area (Å²) >= 11 is 0. The van der Waals surface area contributed by atoms with Crippen molar-refractivity contribution < 1.29 is 14.7 Å². The molecule has 0 unspecified atom stereocenters. The number of hydrogen-bond donors (Lipinski definition) is 2. The highest BCUT2D eigenvalue weighted by molar-refractivity contribution is 5.92. The molecule has 0 bridgehead atoms. The van der Waals surface area contributed by atoms with Gasteiger partial charge in [-0.05, 0) is 42.2 Å². The number of amides is 1. The van der Waals surface area contributed by atoms with Gasteiger partial charge in [-0.3, -0.25) is 4.79 Å². The first-order valence-corrected chi connectivity index (χ1v) is 6.20. The predicted octanol–water partition coefficient (Wildman–Crippen LogP) is 3.08. The van der Waals surface area contributed by atoms with Crippen molar-refractivity contribution in [2.24, 2.45) is 5.92 Å². The summed E-state index contributed by atoms with van der Waals surface area (Å²) in [5, 5.41) is 11.4. The summed E-state index contributed by atoms with van der Waals surface area (Å²) in [4.78, 5) is 22.1. The Kier molecular flexibility index (Phi) is 5.30. The molecule has 1 rings (SSSR count). The van der Waals surface area contributed by atoms with Crippen LogP contribution in [0.15, 0.2) is 24.3 Å². The second kappa shape index (κ2) is 6.73. The zero-order chi connectivity index (χ0) is 14.4. The largest absolute Gasteiger partial charge is 0.478 e. The van der Waals surface area contributed by atoms with E-state index in [9.17, 15) is 9.59 Å². The maximum atomic E-state index is 11.7. The lowest BCUT2D eigenvalue weighted by Crippen LogP contribution is -2.14. The lowest BCUT2D eigenvalue weighted by molar-refractivity contribution is -0.131. The third kappa shape index (κ3) is 5.38. The first kappa shape index (κ1) is 15.0. The summed E-state index contributed by atoms with van der Waals surface area (Å²) < 4.78 is 0. The zero-order valence-corrected chi connectivity index (χ0v) is 11.4. The summed E-state index contributed by atoms with van der Waals surface area (Å²) in [6.45, 7) is 5.86. The third-order valence-electron chi connectivity index (χ3n) is 2.54. The number of nitrogens with one attached hydrogen (secondary N) is 1. The van der Waals surface area contributed by atoms with Crippen molar-refractivity contribution in [2.75, 3.05) is 5.32 Å². The van der Waals surface area contributed by atoms with Crippen molar-refractivity contribution in [3.8, 4) is 0 Å². The van der Waals surface area contributed by atoms with Crippen LogP contribution in [0.5, 0.6) is 0 Å². The number of aryl methyl sites for hydroxylation is 1. The van der Waals surface area contributed by atoms with E-state index in [2.05, 4.69) is 5.32 Å². The van der Waals surface area contributed by atoms with Crippen LogP contribution in [-0.2, 0) is 9.59 Å². The lowest BCUT2D eigenvalue weighted by Gasteiger charge is -2.10. The van der Waals surface area contributed by atoms with E-state index in [1.54, 1.807) is 12.1 Å². The smallest absolute Gasteiger partial charge is 0.328 e. The second-order valence-electron chi connectivity index (χ2n) is 4.89. The molecule has 4 nitrogen and oxygen atoms in total. The van der Waals surface area contributed by atoms with Gasteiger partial charge in [-0.15, -0.1) is 0 Å². The minimum atomic E-state index is -0.980. The SMILES string of the molecule is Cc1cc(C=CC(=O)O)ccc1NC(=O)CC(C)C. The van der Waals surface area contributed by atoms with Gasteiger partial charge in [-0.2, -0.15) is 0 Å². The molecule has 0 radical (unpaired) electrons. The van der Waals surface area contributed by atoms with Gasteiger partial charge in [0, 0.05) is 18.2 Å². The number of benzene rings is 1. The molecule has 0 aliphatic carbocycles. The van der Waals surface area contributed by atoms with Crippen molar-refractivity contribution in [3.05, 3.63) is 35.4 Å². The first-order valence-electron chi connectivity index (χ1n) is 6.20. The van der Waals surface area contributed by atoms with E-state index in [4.69, 9.17) is 5.11 Å². The molecule has 0 aromatic heterocycles. The van der Waals surface area contributed by atoms with E-state index in [0.29, 0.717) is 12.3 Å². The van der Waals surface area contributed by atoms with Crippen LogP contribution in [0.25, 0.3) is 6.08 Å². The summed E-state index contributed by atoms with van der Waals surface area (Å²) in [6, 6.07) is 5.40. The van der Waals surface area contributed by atoms with Crippen LogP contribution >= 0.6 is 0 Å². The minimum absolute atomic E-state index is 0.00747. The third-order valence-corrected chi connectivity index (χ3v) is 2.54. The van der Waals surface area contributed by atoms with E-state index in [-0.39, 0.29) is 5.91 Å². The van der Waals surface area contributed by atoms with Gasteiger partial charge in [0.15, 0.2) is 0 Å². The predicted molar refractivity (Wildman–Crippen MR) is 75.9 cm³/mol. The Bertz CT molecular complexity index is 504. The molecule has 1 aromatic rings. The highest BCUT2D eigenvalue weighted by Gasteiger charge is 2.07. The monoisotopic (exact) mass is 261 g/mol. The fraction of sp³-hybridized carbons (Fsp3) is 0.333. The molecule has 0 saturated heterocycles. The van der Waals surface area contributed by atoms with Crippen molar-refractivity contribution in [1.29, 1.82) is 0 Å². The van der Waals surface area contributed by atoms with E-state index >= 15 is 0 Å². The lowest BCUT2D eigenvalue weighted by atomic mass is 10.1. The highest BCUT2D eigenvalue weighted by atomic mass is 16.4.